The van der Waals surface area contributed by atoms with Gasteiger partial charge in [0.25, 0.3) is 0 Å². The van der Waals surface area contributed by atoms with Crippen LogP contribution in [0.25, 0.3) is 6.08 Å². The Morgan fingerprint density at radius 3 is 2.26 bits per heavy atom. The Kier molecular flexibility index (Phi) is 4.70. The lowest BCUT2D eigenvalue weighted by Crippen LogP contribution is -2.19. The fourth-order valence-corrected chi connectivity index (χ4v) is 3.88. The zero-order chi connectivity index (χ0) is 19.0. The van der Waals surface area contributed by atoms with E-state index in [1.54, 1.807) is 0 Å². The third-order valence-corrected chi connectivity index (χ3v) is 5.40. The van der Waals surface area contributed by atoms with E-state index >= 15 is 0 Å². The third kappa shape index (κ3) is 3.35. The molecule has 2 aromatic carbocycles. The summed E-state index contributed by atoms with van der Waals surface area (Å²) in [5, 5.41) is 11.0. The molecule has 0 amide bonds. The highest BCUT2D eigenvalue weighted by Crippen LogP contribution is 2.48. The molecule has 2 aromatic rings. The van der Waals surface area contributed by atoms with Crippen LogP contribution in [0.4, 0.5) is 0 Å². The lowest BCUT2D eigenvalue weighted by Gasteiger charge is -2.26. The highest BCUT2D eigenvalue weighted by atomic mass is 35.5. The Hall–Kier alpha value is -2.67. The Labute approximate surface area is 168 Å². The van der Waals surface area contributed by atoms with Crippen molar-refractivity contribution in [1.29, 1.82) is 5.26 Å². The lowest BCUT2D eigenvalue weighted by atomic mass is 9.83. The summed E-state index contributed by atoms with van der Waals surface area (Å²) in [6, 6.07) is 17.4. The van der Waals surface area contributed by atoms with Crippen LogP contribution in [0.3, 0.4) is 0 Å². The van der Waals surface area contributed by atoms with E-state index in [1.165, 1.54) is 0 Å². The van der Waals surface area contributed by atoms with Gasteiger partial charge in [-0.15, -0.1) is 0 Å². The van der Waals surface area contributed by atoms with Gasteiger partial charge in [-0.25, -0.2) is 0 Å². The minimum Gasteiger partial charge on any atom is -0.440 e. The van der Waals surface area contributed by atoms with Crippen LogP contribution in [0.1, 0.15) is 29.9 Å². The molecular formula is C22H16Cl2N2O. The standard InChI is InChI=1S/C22H16Cl2N2O/c23-16-6-1-13(2-7-16)11-15-5-10-18-20(14-3-8-17(24)9-4-14)19(12-25)22(26)27-21(15)18/h1-4,6-9,11,20H,5,10,26H2. The number of nitriles is 1. The maximum Gasteiger partial charge on any atom is 0.205 e. The van der Waals surface area contributed by atoms with Gasteiger partial charge in [-0.05, 0) is 65.5 Å². The molecule has 0 radical (unpaired) electrons. The van der Waals surface area contributed by atoms with Crippen molar-refractivity contribution >= 4 is 29.3 Å². The minimum atomic E-state index is -0.202. The van der Waals surface area contributed by atoms with Crippen molar-refractivity contribution < 1.29 is 4.74 Å². The van der Waals surface area contributed by atoms with Gasteiger partial charge in [-0.2, -0.15) is 5.26 Å². The average molecular weight is 395 g/mol. The summed E-state index contributed by atoms with van der Waals surface area (Å²) in [6.45, 7) is 0. The second-order valence-electron chi connectivity index (χ2n) is 6.55. The fourth-order valence-electron chi connectivity index (χ4n) is 3.63. The van der Waals surface area contributed by atoms with E-state index in [-0.39, 0.29) is 11.8 Å². The number of hydrogen-bond acceptors (Lipinski definition) is 3. The molecule has 1 aliphatic heterocycles. The van der Waals surface area contributed by atoms with Gasteiger partial charge in [0.2, 0.25) is 5.88 Å². The first-order valence-electron chi connectivity index (χ1n) is 8.59. The molecule has 3 nitrogen and oxygen atoms in total. The number of benzene rings is 2. The van der Waals surface area contributed by atoms with E-state index in [2.05, 4.69) is 12.1 Å². The Morgan fingerprint density at radius 2 is 1.63 bits per heavy atom. The summed E-state index contributed by atoms with van der Waals surface area (Å²) in [5.74, 6) is 0.744. The summed E-state index contributed by atoms with van der Waals surface area (Å²) < 4.78 is 5.89. The van der Waals surface area contributed by atoms with Crippen molar-refractivity contribution in [2.75, 3.05) is 0 Å². The van der Waals surface area contributed by atoms with Crippen molar-refractivity contribution in [2.24, 2.45) is 5.73 Å². The van der Waals surface area contributed by atoms with E-state index in [0.29, 0.717) is 15.6 Å². The summed E-state index contributed by atoms with van der Waals surface area (Å²) >= 11 is 12.0. The normalized spacial score (nSPS) is 20.5. The van der Waals surface area contributed by atoms with Crippen molar-refractivity contribution in [1.82, 2.24) is 0 Å². The molecule has 1 unspecified atom stereocenters. The fraction of sp³-hybridized carbons (Fsp3) is 0.136. The van der Waals surface area contributed by atoms with Gasteiger partial charge in [0.15, 0.2) is 0 Å². The molecule has 0 saturated heterocycles. The zero-order valence-corrected chi connectivity index (χ0v) is 15.9. The van der Waals surface area contributed by atoms with E-state index in [9.17, 15) is 5.26 Å². The molecule has 1 aliphatic carbocycles. The number of ether oxygens (including phenoxy) is 1. The Morgan fingerprint density at radius 1 is 1.00 bits per heavy atom. The van der Waals surface area contributed by atoms with Gasteiger partial charge in [-0.1, -0.05) is 47.5 Å². The number of hydrogen-bond donors (Lipinski definition) is 1. The van der Waals surface area contributed by atoms with Crippen LogP contribution in [-0.2, 0) is 4.74 Å². The lowest BCUT2D eigenvalue weighted by molar-refractivity contribution is 0.292. The number of nitrogens with two attached hydrogens (primary N) is 1. The SMILES string of the molecule is N#CC1=C(N)OC2=C(CCC2=Cc2ccc(Cl)cc2)C1c1ccc(Cl)cc1. The average Bonchev–Trinajstić information content (AvgIpc) is 3.05. The quantitative estimate of drug-likeness (QED) is 0.685. The van der Waals surface area contributed by atoms with Gasteiger partial charge in [0.05, 0.1) is 0 Å². The van der Waals surface area contributed by atoms with Gasteiger partial charge >= 0.3 is 0 Å². The molecule has 0 aromatic heterocycles. The molecule has 1 heterocycles. The number of allylic oxidation sites excluding steroid dienone is 3. The monoisotopic (exact) mass is 394 g/mol. The van der Waals surface area contributed by atoms with Crippen LogP contribution in [0, 0.1) is 11.3 Å². The van der Waals surface area contributed by atoms with Crippen LogP contribution in [0.15, 0.2) is 76.9 Å². The van der Waals surface area contributed by atoms with E-state index in [4.69, 9.17) is 33.7 Å². The highest BCUT2D eigenvalue weighted by Gasteiger charge is 2.36. The van der Waals surface area contributed by atoms with Crippen LogP contribution < -0.4 is 5.73 Å². The zero-order valence-electron chi connectivity index (χ0n) is 14.4. The highest BCUT2D eigenvalue weighted by molar-refractivity contribution is 6.30. The maximum atomic E-state index is 9.65. The van der Waals surface area contributed by atoms with Gasteiger partial charge < -0.3 is 10.5 Å². The first-order valence-corrected chi connectivity index (χ1v) is 9.35. The number of rotatable bonds is 2. The number of nitrogens with zero attached hydrogens (tertiary/aromatic N) is 1. The van der Waals surface area contributed by atoms with Crippen LogP contribution >= 0.6 is 23.2 Å². The molecule has 27 heavy (non-hydrogen) atoms. The Bertz CT molecular complexity index is 1030. The molecular weight excluding hydrogens is 379 g/mol. The van der Waals surface area contributed by atoms with Crippen molar-refractivity contribution in [2.45, 2.75) is 18.8 Å². The number of halogens is 2. The van der Waals surface area contributed by atoms with Gasteiger partial charge in [0, 0.05) is 16.0 Å². The van der Waals surface area contributed by atoms with E-state index in [1.807, 2.05) is 48.5 Å². The summed E-state index contributed by atoms with van der Waals surface area (Å²) in [4.78, 5) is 0. The van der Waals surface area contributed by atoms with E-state index in [0.717, 1.165) is 40.9 Å². The molecule has 0 fully saturated rings. The minimum absolute atomic E-state index is 0.167. The smallest absolute Gasteiger partial charge is 0.205 e. The molecule has 134 valence electrons. The maximum absolute atomic E-state index is 9.65. The second-order valence-corrected chi connectivity index (χ2v) is 7.42. The summed E-state index contributed by atoms with van der Waals surface area (Å²) in [5.41, 5.74) is 10.8. The molecule has 0 saturated carbocycles. The largest absolute Gasteiger partial charge is 0.440 e. The molecule has 0 bridgehead atoms. The molecule has 0 spiro atoms. The first kappa shape index (κ1) is 17.7. The van der Waals surface area contributed by atoms with Crippen LogP contribution in [0.2, 0.25) is 10.0 Å². The molecule has 5 heteroatoms. The topological polar surface area (TPSA) is 59.0 Å². The van der Waals surface area contributed by atoms with Crippen LogP contribution in [0.5, 0.6) is 0 Å². The molecule has 2 N–H and O–H groups in total. The summed E-state index contributed by atoms with van der Waals surface area (Å²) in [7, 11) is 0. The predicted molar refractivity (Wildman–Crippen MR) is 108 cm³/mol. The van der Waals surface area contributed by atoms with Gasteiger partial charge in [-0.3, -0.25) is 0 Å². The van der Waals surface area contributed by atoms with Crippen molar-refractivity contribution in [3.8, 4) is 6.07 Å². The van der Waals surface area contributed by atoms with Crippen molar-refractivity contribution in [3.05, 3.63) is 98.1 Å². The Balaban J connectivity index is 1.78. The molecule has 4 rings (SSSR count). The molecule has 2 aliphatic rings. The van der Waals surface area contributed by atoms with Crippen LogP contribution in [-0.4, -0.2) is 0 Å². The van der Waals surface area contributed by atoms with Crippen molar-refractivity contribution in [3.63, 3.8) is 0 Å². The van der Waals surface area contributed by atoms with E-state index < -0.39 is 0 Å². The first-order chi connectivity index (χ1) is 13.1. The predicted octanol–water partition coefficient (Wildman–Crippen LogP) is 5.93. The molecule has 1 atom stereocenters. The second kappa shape index (κ2) is 7.15. The third-order valence-electron chi connectivity index (χ3n) is 4.90. The van der Waals surface area contributed by atoms with Gasteiger partial charge in [0.1, 0.15) is 17.4 Å². The summed E-state index contributed by atoms with van der Waals surface area (Å²) in [6.07, 6.45) is 3.74.